The zero-order valence-corrected chi connectivity index (χ0v) is 14.4. The lowest BCUT2D eigenvalue weighted by Gasteiger charge is -2.24. The lowest BCUT2D eigenvalue weighted by Crippen LogP contribution is -2.40. The van der Waals surface area contributed by atoms with Crippen LogP contribution in [0.2, 0.25) is 0 Å². The quantitative estimate of drug-likeness (QED) is 0.561. The number of aliphatic hydroxyl groups excluding tert-OH is 2. The first kappa shape index (κ1) is 21.0. The van der Waals surface area contributed by atoms with Crippen LogP contribution in [0.15, 0.2) is 11.0 Å². The number of carbonyl (C=O) groups excluding carboxylic acids is 1. The smallest absolute Gasteiger partial charge is 0.412 e. The van der Waals surface area contributed by atoms with Gasteiger partial charge in [-0.15, -0.1) is 0 Å². The van der Waals surface area contributed by atoms with Crippen LogP contribution in [0.1, 0.15) is 39.3 Å². The summed E-state index contributed by atoms with van der Waals surface area (Å²) in [6.45, 7) is 3.62. The van der Waals surface area contributed by atoms with Gasteiger partial charge in [0.25, 0.3) is 0 Å². The van der Waals surface area contributed by atoms with Crippen LogP contribution in [-0.2, 0) is 9.47 Å². The molecule has 0 radical (unpaired) electrons. The number of anilines is 1. The fraction of sp³-hybridized carbons (Fsp3) is 0.667. The lowest BCUT2D eigenvalue weighted by atomic mass is 10.2. The molecule has 0 saturated carbocycles. The zero-order chi connectivity index (χ0) is 19.0. The summed E-state index contributed by atoms with van der Waals surface area (Å²) in [7, 11) is 1.31. The Morgan fingerprint density at radius 1 is 1.44 bits per heavy atom. The van der Waals surface area contributed by atoms with Crippen LogP contribution >= 0.6 is 0 Å². The minimum atomic E-state index is -1.76. The highest BCUT2D eigenvalue weighted by molar-refractivity contribution is 5.83. The second kappa shape index (κ2) is 10.1. The molecule has 3 N–H and O–H groups in total. The number of nitrogens with zero attached hydrogens (tertiary/aromatic N) is 2. The molecule has 0 fully saturated rings. The Balaban J connectivity index is 2.82. The summed E-state index contributed by atoms with van der Waals surface area (Å²) in [5.74, 6) is -1.69. The van der Waals surface area contributed by atoms with Gasteiger partial charge in [-0.25, -0.2) is 14.0 Å². The number of hydrogen-bond acceptors (Lipinski definition) is 7. The molecule has 1 rings (SSSR count). The van der Waals surface area contributed by atoms with E-state index in [4.69, 9.17) is 9.47 Å². The Morgan fingerprint density at radius 2 is 2.12 bits per heavy atom. The molecule has 25 heavy (non-hydrogen) atoms. The van der Waals surface area contributed by atoms with E-state index in [1.165, 1.54) is 14.0 Å². The first-order chi connectivity index (χ1) is 11.8. The summed E-state index contributed by atoms with van der Waals surface area (Å²) in [5, 5.41) is 21.8. The van der Waals surface area contributed by atoms with Crippen LogP contribution in [0.25, 0.3) is 0 Å². The van der Waals surface area contributed by atoms with Crippen molar-refractivity contribution in [1.82, 2.24) is 9.55 Å². The van der Waals surface area contributed by atoms with E-state index in [2.05, 4.69) is 4.98 Å². The monoisotopic (exact) mass is 361 g/mol. The van der Waals surface area contributed by atoms with Crippen LogP contribution in [0, 0.1) is 5.82 Å². The molecule has 0 aliphatic carbocycles. The molecule has 0 aliphatic rings. The van der Waals surface area contributed by atoms with E-state index in [1.54, 1.807) is 0 Å². The molecule has 142 valence electrons. The molecule has 1 heterocycles. The van der Waals surface area contributed by atoms with Gasteiger partial charge in [0, 0.05) is 7.11 Å². The van der Waals surface area contributed by atoms with Gasteiger partial charge in [-0.2, -0.15) is 4.98 Å². The van der Waals surface area contributed by atoms with E-state index in [0.717, 1.165) is 12.8 Å². The van der Waals surface area contributed by atoms with Gasteiger partial charge < -0.3 is 19.7 Å². The Labute approximate surface area is 144 Å². The molecule has 10 heteroatoms. The molecule has 1 aromatic rings. The average molecular weight is 361 g/mol. The predicted molar refractivity (Wildman–Crippen MR) is 86.7 cm³/mol. The number of aromatic nitrogens is 2. The summed E-state index contributed by atoms with van der Waals surface area (Å²) in [4.78, 5) is 26.8. The van der Waals surface area contributed by atoms with Crippen molar-refractivity contribution in [3.8, 4) is 0 Å². The van der Waals surface area contributed by atoms with Crippen molar-refractivity contribution in [3.05, 3.63) is 22.5 Å². The van der Waals surface area contributed by atoms with E-state index < -0.39 is 41.9 Å². The van der Waals surface area contributed by atoms with Gasteiger partial charge in [0.05, 0.1) is 18.9 Å². The van der Waals surface area contributed by atoms with Gasteiger partial charge in [0.15, 0.2) is 17.9 Å². The van der Waals surface area contributed by atoms with E-state index >= 15 is 0 Å². The number of halogens is 1. The minimum absolute atomic E-state index is 0.165. The highest BCUT2D eigenvalue weighted by Crippen LogP contribution is 2.14. The first-order valence-electron chi connectivity index (χ1n) is 7.93. The number of carbonyl (C=O) groups is 1. The predicted octanol–water partition coefficient (Wildman–Crippen LogP) is 1.01. The van der Waals surface area contributed by atoms with E-state index in [0.29, 0.717) is 17.2 Å². The van der Waals surface area contributed by atoms with Crippen molar-refractivity contribution in [2.24, 2.45) is 0 Å². The number of aliphatic hydroxyl groups is 2. The van der Waals surface area contributed by atoms with Gasteiger partial charge in [-0.3, -0.25) is 9.88 Å². The highest BCUT2D eigenvalue weighted by Gasteiger charge is 2.26. The van der Waals surface area contributed by atoms with Crippen LogP contribution in [0.5, 0.6) is 0 Å². The van der Waals surface area contributed by atoms with E-state index in [-0.39, 0.29) is 6.61 Å². The Kier molecular flexibility index (Phi) is 8.46. The number of ether oxygens (including phenoxy) is 2. The van der Waals surface area contributed by atoms with Crippen LogP contribution in [0.3, 0.4) is 0 Å². The molecule has 3 atom stereocenters. The molecule has 0 spiro atoms. The van der Waals surface area contributed by atoms with Crippen molar-refractivity contribution in [2.45, 2.75) is 51.5 Å². The van der Waals surface area contributed by atoms with Crippen LogP contribution in [-0.4, -0.2) is 51.8 Å². The van der Waals surface area contributed by atoms with Crippen molar-refractivity contribution in [1.29, 1.82) is 0 Å². The van der Waals surface area contributed by atoms with Crippen molar-refractivity contribution < 1.29 is 28.9 Å². The van der Waals surface area contributed by atoms with Crippen LogP contribution in [0.4, 0.5) is 15.0 Å². The number of methoxy groups -OCH3 is 1. The molecule has 9 nitrogen and oxygen atoms in total. The molecular formula is C15H24FN3O6. The lowest BCUT2D eigenvalue weighted by molar-refractivity contribution is -0.0987. The van der Waals surface area contributed by atoms with Gasteiger partial charge in [0.1, 0.15) is 6.10 Å². The van der Waals surface area contributed by atoms with Crippen molar-refractivity contribution >= 4 is 11.9 Å². The summed E-state index contributed by atoms with van der Waals surface area (Å²) < 4.78 is 24.2. The summed E-state index contributed by atoms with van der Waals surface area (Å²) >= 11 is 0. The number of unbranched alkanes of at least 4 members (excludes halogenated alkanes) is 2. The third-order valence-electron chi connectivity index (χ3n) is 3.55. The molecule has 3 unspecified atom stereocenters. The Morgan fingerprint density at radius 3 is 2.72 bits per heavy atom. The van der Waals surface area contributed by atoms with Gasteiger partial charge in [0.2, 0.25) is 0 Å². The molecule has 0 aromatic carbocycles. The molecule has 0 saturated heterocycles. The summed E-state index contributed by atoms with van der Waals surface area (Å²) in [6.07, 6.45) is -1.84. The fourth-order valence-corrected chi connectivity index (χ4v) is 1.92. The van der Waals surface area contributed by atoms with Crippen molar-refractivity contribution in [3.63, 3.8) is 0 Å². The molecule has 0 bridgehead atoms. The number of amides is 1. The number of hydrogen-bond donors (Lipinski definition) is 3. The number of nitrogens with one attached hydrogen (secondary N) is 1. The van der Waals surface area contributed by atoms with E-state index in [9.17, 15) is 24.2 Å². The maximum absolute atomic E-state index is 14.0. The van der Waals surface area contributed by atoms with Crippen molar-refractivity contribution in [2.75, 3.05) is 19.0 Å². The highest BCUT2D eigenvalue weighted by atomic mass is 19.1. The SMILES string of the molecule is CCCCCOC(=O)Nc1nc(=O)n(C(O)C(O)C(C)OC)cc1F. The second-order valence-electron chi connectivity index (χ2n) is 5.44. The summed E-state index contributed by atoms with van der Waals surface area (Å²) in [5.41, 5.74) is -1.06. The maximum atomic E-state index is 14.0. The topological polar surface area (TPSA) is 123 Å². The molecule has 1 amide bonds. The molecule has 0 aliphatic heterocycles. The molecule has 1 aromatic heterocycles. The normalized spacial score (nSPS) is 14.6. The number of rotatable bonds is 9. The summed E-state index contributed by atoms with van der Waals surface area (Å²) in [6, 6.07) is 0. The van der Waals surface area contributed by atoms with E-state index in [1.807, 2.05) is 12.2 Å². The fourth-order valence-electron chi connectivity index (χ4n) is 1.92. The average Bonchev–Trinajstić information content (AvgIpc) is 2.59. The zero-order valence-electron chi connectivity index (χ0n) is 14.4. The van der Waals surface area contributed by atoms with Gasteiger partial charge in [-0.1, -0.05) is 19.8 Å². The third kappa shape index (κ3) is 6.07. The first-order valence-corrected chi connectivity index (χ1v) is 7.93. The van der Waals surface area contributed by atoms with Gasteiger partial charge >= 0.3 is 11.8 Å². The second-order valence-corrected chi connectivity index (χ2v) is 5.44. The standard InChI is InChI=1S/C15H24FN3O6/c1-4-5-6-7-25-15(23)18-12-10(16)8-19(14(22)17-12)13(21)11(20)9(2)24-3/h8-9,11,13,20-21H,4-7H2,1-3H3,(H,17,18,22,23). The maximum Gasteiger partial charge on any atom is 0.412 e. The van der Waals surface area contributed by atoms with Gasteiger partial charge in [-0.05, 0) is 13.3 Å². The third-order valence-corrected chi connectivity index (χ3v) is 3.55. The Bertz CT molecular complexity index is 624. The molecular weight excluding hydrogens is 337 g/mol. The largest absolute Gasteiger partial charge is 0.449 e. The van der Waals surface area contributed by atoms with Crippen LogP contribution < -0.4 is 11.0 Å². The minimum Gasteiger partial charge on any atom is -0.449 e. The Hall–Kier alpha value is -2.04.